The Hall–Kier alpha value is -4.82. The van der Waals surface area contributed by atoms with Crippen molar-refractivity contribution in [1.82, 2.24) is 4.57 Å². The second kappa shape index (κ2) is 7.65. The number of nitrogens with two attached hydrogens (primary N) is 1. The van der Waals surface area contributed by atoms with Gasteiger partial charge in [0.25, 0.3) is 5.56 Å². The van der Waals surface area contributed by atoms with Crippen LogP contribution in [0.3, 0.4) is 0 Å². The second-order valence-corrected chi connectivity index (χ2v) is 8.27. The molecule has 1 aliphatic rings. The standard InChI is InChI=1S/C29H19N3O2/c30-17-23-25(20-15-14-18-8-4-5-9-19(18)16-20)26-27(34-28(23)31)22-12-6-7-13-24(22)32(29(26)33)21-10-2-1-3-11-21/h1-16,25H,31H2. The minimum absolute atomic E-state index is 0.0233. The molecule has 4 aromatic carbocycles. The lowest BCUT2D eigenvalue weighted by Gasteiger charge is -2.28. The maximum Gasteiger partial charge on any atom is 0.263 e. The van der Waals surface area contributed by atoms with Crippen molar-refractivity contribution in [3.8, 4) is 17.5 Å². The van der Waals surface area contributed by atoms with Gasteiger partial charge in [0, 0.05) is 11.1 Å². The molecular weight excluding hydrogens is 422 g/mol. The molecule has 0 radical (unpaired) electrons. The van der Waals surface area contributed by atoms with Gasteiger partial charge >= 0.3 is 0 Å². The molecule has 1 aliphatic heterocycles. The van der Waals surface area contributed by atoms with Gasteiger partial charge in [-0.15, -0.1) is 0 Å². The third-order valence-electron chi connectivity index (χ3n) is 6.36. The summed E-state index contributed by atoms with van der Waals surface area (Å²) in [6.45, 7) is 0. The number of aromatic nitrogens is 1. The summed E-state index contributed by atoms with van der Waals surface area (Å²) in [5.74, 6) is -0.219. The van der Waals surface area contributed by atoms with Gasteiger partial charge in [-0.25, -0.2) is 0 Å². The molecular formula is C29H19N3O2. The van der Waals surface area contributed by atoms with E-state index in [4.69, 9.17) is 10.5 Å². The first-order chi connectivity index (χ1) is 16.7. The summed E-state index contributed by atoms with van der Waals surface area (Å²) in [6.07, 6.45) is 0. The number of para-hydroxylation sites is 2. The maximum absolute atomic E-state index is 14.2. The molecule has 5 aromatic rings. The van der Waals surface area contributed by atoms with Crippen LogP contribution in [0.4, 0.5) is 0 Å². The minimum atomic E-state index is -0.648. The minimum Gasteiger partial charge on any atom is -0.439 e. The topological polar surface area (TPSA) is 81.0 Å². The summed E-state index contributed by atoms with van der Waals surface area (Å²) < 4.78 is 7.66. The number of hydrogen-bond acceptors (Lipinski definition) is 4. The van der Waals surface area contributed by atoms with Crippen LogP contribution in [0.25, 0.3) is 27.4 Å². The molecule has 0 saturated heterocycles. The smallest absolute Gasteiger partial charge is 0.263 e. The zero-order valence-electron chi connectivity index (χ0n) is 18.1. The van der Waals surface area contributed by atoms with Gasteiger partial charge in [-0.05, 0) is 40.6 Å². The number of nitrogens with zero attached hydrogens (tertiary/aromatic N) is 2. The third kappa shape index (κ3) is 2.90. The number of rotatable bonds is 2. The summed E-state index contributed by atoms with van der Waals surface area (Å²) in [5.41, 5.74) is 8.93. The Morgan fingerprint density at radius 3 is 2.35 bits per heavy atom. The first kappa shape index (κ1) is 19.8. The molecule has 0 amide bonds. The average molecular weight is 441 g/mol. The van der Waals surface area contributed by atoms with Crippen molar-refractivity contribution >= 4 is 21.7 Å². The highest BCUT2D eigenvalue weighted by Gasteiger charge is 2.35. The van der Waals surface area contributed by atoms with Crippen molar-refractivity contribution in [2.75, 3.05) is 0 Å². The van der Waals surface area contributed by atoms with Crippen molar-refractivity contribution in [3.63, 3.8) is 0 Å². The number of ether oxygens (including phenoxy) is 1. The van der Waals surface area contributed by atoms with Crippen molar-refractivity contribution in [1.29, 1.82) is 5.26 Å². The van der Waals surface area contributed by atoms with E-state index in [0.29, 0.717) is 16.8 Å². The zero-order chi connectivity index (χ0) is 23.2. The molecule has 1 aromatic heterocycles. The lowest BCUT2D eigenvalue weighted by Crippen LogP contribution is -2.31. The van der Waals surface area contributed by atoms with Crippen LogP contribution in [0.1, 0.15) is 17.0 Å². The molecule has 5 heteroatoms. The van der Waals surface area contributed by atoms with Gasteiger partial charge in [0.05, 0.1) is 17.0 Å². The number of hydrogen-bond donors (Lipinski definition) is 1. The largest absolute Gasteiger partial charge is 0.439 e. The number of pyridine rings is 1. The van der Waals surface area contributed by atoms with E-state index >= 15 is 0 Å². The van der Waals surface area contributed by atoms with Crippen LogP contribution in [-0.2, 0) is 0 Å². The molecule has 162 valence electrons. The van der Waals surface area contributed by atoms with E-state index in [1.807, 2.05) is 97.1 Å². The zero-order valence-corrected chi connectivity index (χ0v) is 18.1. The highest BCUT2D eigenvalue weighted by Crippen LogP contribution is 2.44. The Morgan fingerprint density at radius 2 is 1.56 bits per heavy atom. The Balaban J connectivity index is 1.73. The fourth-order valence-electron chi connectivity index (χ4n) is 4.82. The molecule has 1 unspecified atom stereocenters. The van der Waals surface area contributed by atoms with Crippen molar-refractivity contribution in [2.45, 2.75) is 5.92 Å². The SMILES string of the molecule is N#CC1=C(N)Oc2c(c(=O)n(-c3ccccc3)c3ccccc23)C1c1ccc2ccccc2c1. The lowest BCUT2D eigenvalue weighted by atomic mass is 9.82. The maximum atomic E-state index is 14.2. The van der Waals surface area contributed by atoms with Crippen LogP contribution >= 0.6 is 0 Å². The third-order valence-corrected chi connectivity index (χ3v) is 6.36. The Bertz CT molecular complexity index is 1730. The highest BCUT2D eigenvalue weighted by molar-refractivity contribution is 5.90. The Morgan fingerprint density at radius 1 is 0.853 bits per heavy atom. The van der Waals surface area contributed by atoms with Gasteiger partial charge in [0.1, 0.15) is 17.4 Å². The molecule has 34 heavy (non-hydrogen) atoms. The molecule has 0 saturated carbocycles. The van der Waals surface area contributed by atoms with E-state index in [-0.39, 0.29) is 17.0 Å². The molecule has 2 N–H and O–H groups in total. The second-order valence-electron chi connectivity index (χ2n) is 8.27. The summed E-state index contributed by atoms with van der Waals surface area (Å²) in [7, 11) is 0. The first-order valence-electron chi connectivity index (χ1n) is 11.0. The number of fused-ring (bicyclic) bond motifs is 4. The molecule has 5 nitrogen and oxygen atoms in total. The summed E-state index contributed by atoms with van der Waals surface area (Å²) in [6, 6.07) is 33.2. The van der Waals surface area contributed by atoms with E-state index in [0.717, 1.165) is 27.4 Å². The quantitative estimate of drug-likeness (QED) is 0.400. The summed E-state index contributed by atoms with van der Waals surface area (Å²) in [4.78, 5) is 14.2. The molecule has 6 rings (SSSR count). The molecule has 2 heterocycles. The summed E-state index contributed by atoms with van der Waals surface area (Å²) >= 11 is 0. The predicted octanol–water partition coefficient (Wildman–Crippen LogP) is 5.36. The van der Waals surface area contributed by atoms with Crippen LogP contribution in [0.15, 0.2) is 113 Å². The van der Waals surface area contributed by atoms with Crippen molar-refractivity contribution in [3.05, 3.63) is 130 Å². The monoisotopic (exact) mass is 441 g/mol. The first-order valence-corrected chi connectivity index (χ1v) is 11.0. The summed E-state index contributed by atoms with van der Waals surface area (Å²) in [5, 5.41) is 12.9. The lowest BCUT2D eigenvalue weighted by molar-refractivity contribution is 0.396. The van der Waals surface area contributed by atoms with Gasteiger partial charge in [-0.2, -0.15) is 5.26 Å². The number of nitriles is 1. The predicted molar refractivity (Wildman–Crippen MR) is 133 cm³/mol. The van der Waals surface area contributed by atoms with E-state index in [2.05, 4.69) is 6.07 Å². The molecule has 0 fully saturated rings. The van der Waals surface area contributed by atoms with Crippen LogP contribution < -0.4 is 16.0 Å². The van der Waals surface area contributed by atoms with Crippen LogP contribution in [0.5, 0.6) is 5.75 Å². The average Bonchev–Trinajstić information content (AvgIpc) is 2.88. The normalized spacial score (nSPS) is 15.1. The van der Waals surface area contributed by atoms with Gasteiger partial charge in [-0.3, -0.25) is 9.36 Å². The van der Waals surface area contributed by atoms with Crippen molar-refractivity contribution < 1.29 is 4.74 Å². The Kier molecular flexibility index (Phi) is 4.46. The fourth-order valence-corrected chi connectivity index (χ4v) is 4.82. The van der Waals surface area contributed by atoms with Crippen LogP contribution in [-0.4, -0.2) is 4.57 Å². The molecule has 1 atom stereocenters. The van der Waals surface area contributed by atoms with Gasteiger partial charge < -0.3 is 10.5 Å². The van der Waals surface area contributed by atoms with Gasteiger partial charge in [0.15, 0.2) is 0 Å². The van der Waals surface area contributed by atoms with E-state index in [1.54, 1.807) is 4.57 Å². The van der Waals surface area contributed by atoms with E-state index in [9.17, 15) is 10.1 Å². The van der Waals surface area contributed by atoms with Crippen LogP contribution in [0.2, 0.25) is 0 Å². The fraction of sp³-hybridized carbons (Fsp3) is 0.0345. The number of allylic oxidation sites excluding steroid dienone is 1. The Labute approximate surface area is 195 Å². The number of benzene rings is 4. The van der Waals surface area contributed by atoms with Crippen molar-refractivity contribution in [2.24, 2.45) is 5.73 Å². The van der Waals surface area contributed by atoms with Gasteiger partial charge in [0.2, 0.25) is 5.88 Å². The molecule has 0 bridgehead atoms. The highest BCUT2D eigenvalue weighted by atomic mass is 16.5. The van der Waals surface area contributed by atoms with Gasteiger partial charge in [-0.1, -0.05) is 72.8 Å². The van der Waals surface area contributed by atoms with E-state index in [1.165, 1.54) is 0 Å². The molecule has 0 aliphatic carbocycles. The van der Waals surface area contributed by atoms with Crippen LogP contribution in [0, 0.1) is 11.3 Å². The van der Waals surface area contributed by atoms with E-state index < -0.39 is 5.92 Å². The molecule has 0 spiro atoms.